The maximum Gasteiger partial charge on any atom is 0.291 e. The normalized spacial score (nSPS) is 24.1. The lowest BCUT2D eigenvalue weighted by atomic mass is 9.76. The number of para-hydroxylation sites is 1. The van der Waals surface area contributed by atoms with Crippen LogP contribution in [0.4, 0.5) is 5.69 Å². The lowest BCUT2D eigenvalue weighted by Crippen LogP contribution is -2.52. The molecule has 0 bridgehead atoms. The Balaban J connectivity index is 1.41. The van der Waals surface area contributed by atoms with Crippen LogP contribution in [0, 0.1) is 11.8 Å². The van der Waals surface area contributed by atoms with Crippen LogP contribution in [-0.4, -0.2) is 59.6 Å². The molecule has 1 saturated carbocycles. The molecule has 184 valence electrons. The average molecular weight is 476 g/mol. The van der Waals surface area contributed by atoms with Crippen LogP contribution < -0.4 is 9.64 Å². The number of ketones is 2. The maximum atomic E-state index is 13.6. The Morgan fingerprint density at radius 1 is 0.943 bits per heavy atom. The standard InChI is InChI=1S/C28H33N3O4/c1-35-23-13-12-20(18-29-23)26(32)24-25(19-8-4-2-5-9-19)31(28(34)27(24)33)22-14-16-30(17-15-22)21-10-6-3-7-11-21/h3,6-7,10-13,18-19,22,24-25H,2,4-5,8-9,14-17H2,1H3. The van der Waals surface area contributed by atoms with Crippen molar-refractivity contribution in [3.05, 3.63) is 54.2 Å². The quantitative estimate of drug-likeness (QED) is 0.358. The van der Waals surface area contributed by atoms with Crippen molar-refractivity contribution in [1.29, 1.82) is 0 Å². The number of anilines is 1. The molecule has 3 heterocycles. The Bertz CT molecular complexity index is 1060. The van der Waals surface area contributed by atoms with Crippen molar-refractivity contribution in [3.8, 4) is 5.88 Å². The third-order valence-corrected chi connectivity index (χ3v) is 8.01. The number of benzene rings is 1. The van der Waals surface area contributed by atoms with Crippen molar-refractivity contribution < 1.29 is 19.1 Å². The van der Waals surface area contributed by atoms with Gasteiger partial charge in [-0.1, -0.05) is 37.5 Å². The molecule has 3 aliphatic rings. The van der Waals surface area contributed by atoms with Crippen molar-refractivity contribution in [2.75, 3.05) is 25.1 Å². The highest BCUT2D eigenvalue weighted by Gasteiger charge is 2.55. The minimum absolute atomic E-state index is 0.0230. The molecule has 7 nitrogen and oxygen atoms in total. The molecule has 1 aromatic heterocycles. The first-order valence-corrected chi connectivity index (χ1v) is 12.8. The molecule has 2 unspecified atom stereocenters. The van der Waals surface area contributed by atoms with Gasteiger partial charge in [0.05, 0.1) is 13.2 Å². The number of nitrogens with zero attached hydrogens (tertiary/aromatic N) is 3. The third kappa shape index (κ3) is 4.56. The molecular weight excluding hydrogens is 442 g/mol. The molecule has 0 radical (unpaired) electrons. The first-order valence-electron chi connectivity index (χ1n) is 12.8. The van der Waals surface area contributed by atoms with E-state index in [1.807, 2.05) is 23.1 Å². The zero-order valence-electron chi connectivity index (χ0n) is 20.3. The number of likely N-dealkylation sites (tertiary alicyclic amines) is 1. The number of Topliss-reactive ketones (excluding diaryl/α,β-unsaturated/α-hetero) is 2. The Hall–Kier alpha value is -3.22. The van der Waals surface area contributed by atoms with E-state index in [1.165, 1.54) is 25.4 Å². The number of piperidine rings is 1. The van der Waals surface area contributed by atoms with E-state index in [0.29, 0.717) is 11.4 Å². The van der Waals surface area contributed by atoms with Gasteiger partial charge in [-0.2, -0.15) is 0 Å². The minimum Gasteiger partial charge on any atom is -0.481 e. The third-order valence-electron chi connectivity index (χ3n) is 8.01. The molecule has 0 N–H and O–H groups in total. The minimum atomic E-state index is -0.951. The van der Waals surface area contributed by atoms with Crippen molar-refractivity contribution in [2.24, 2.45) is 11.8 Å². The summed E-state index contributed by atoms with van der Waals surface area (Å²) < 4.78 is 5.11. The summed E-state index contributed by atoms with van der Waals surface area (Å²) in [5.74, 6) is -1.69. The van der Waals surface area contributed by atoms with E-state index in [1.54, 1.807) is 12.1 Å². The van der Waals surface area contributed by atoms with Crippen molar-refractivity contribution in [1.82, 2.24) is 9.88 Å². The molecule has 7 heteroatoms. The van der Waals surface area contributed by atoms with Gasteiger partial charge >= 0.3 is 0 Å². The Labute approximate surface area is 206 Å². The average Bonchev–Trinajstić information content (AvgIpc) is 3.19. The van der Waals surface area contributed by atoms with E-state index in [0.717, 1.165) is 51.6 Å². The van der Waals surface area contributed by atoms with E-state index in [4.69, 9.17) is 4.74 Å². The molecule has 1 aromatic carbocycles. The SMILES string of the molecule is COc1ccc(C(=O)C2C(=O)C(=O)N(C3CCN(c4ccccc4)CC3)C2C2CCCCC2)cn1. The number of methoxy groups -OCH3 is 1. The molecule has 2 atom stereocenters. The van der Waals surface area contributed by atoms with Gasteiger partial charge < -0.3 is 14.5 Å². The summed E-state index contributed by atoms with van der Waals surface area (Å²) in [6, 6.07) is 13.2. The molecule has 3 fully saturated rings. The topological polar surface area (TPSA) is 79.8 Å². The van der Waals surface area contributed by atoms with Crippen molar-refractivity contribution in [3.63, 3.8) is 0 Å². The predicted octanol–water partition coefficient (Wildman–Crippen LogP) is 3.92. The van der Waals surface area contributed by atoms with Crippen LogP contribution in [0.5, 0.6) is 5.88 Å². The van der Waals surface area contributed by atoms with Gasteiger partial charge in [-0.05, 0) is 49.8 Å². The highest BCUT2D eigenvalue weighted by molar-refractivity contribution is 6.44. The maximum absolute atomic E-state index is 13.6. The molecule has 5 rings (SSSR count). The number of carbonyl (C=O) groups excluding carboxylic acids is 3. The number of hydrogen-bond donors (Lipinski definition) is 0. The Kier molecular flexibility index (Phi) is 6.84. The van der Waals surface area contributed by atoms with Gasteiger partial charge in [0.25, 0.3) is 5.91 Å². The Morgan fingerprint density at radius 3 is 2.29 bits per heavy atom. The summed E-state index contributed by atoms with van der Waals surface area (Å²) >= 11 is 0. The van der Waals surface area contributed by atoms with E-state index in [9.17, 15) is 14.4 Å². The molecular formula is C28H33N3O4. The molecule has 35 heavy (non-hydrogen) atoms. The molecule has 2 saturated heterocycles. The summed E-state index contributed by atoms with van der Waals surface area (Å²) in [6.45, 7) is 1.65. The van der Waals surface area contributed by atoms with E-state index in [2.05, 4.69) is 22.0 Å². The molecule has 0 spiro atoms. The monoisotopic (exact) mass is 475 g/mol. The number of amides is 1. The van der Waals surface area contributed by atoms with Crippen molar-refractivity contribution >= 4 is 23.2 Å². The van der Waals surface area contributed by atoms with Crippen molar-refractivity contribution in [2.45, 2.75) is 57.0 Å². The van der Waals surface area contributed by atoms with Crippen LogP contribution in [-0.2, 0) is 9.59 Å². The second-order valence-corrected chi connectivity index (χ2v) is 9.95. The lowest BCUT2D eigenvalue weighted by molar-refractivity contribution is -0.142. The van der Waals surface area contributed by atoms with E-state index >= 15 is 0 Å². The summed E-state index contributed by atoms with van der Waals surface area (Å²) in [4.78, 5) is 48.8. The highest BCUT2D eigenvalue weighted by atomic mass is 16.5. The van der Waals surface area contributed by atoms with E-state index in [-0.39, 0.29) is 23.8 Å². The van der Waals surface area contributed by atoms with E-state index < -0.39 is 17.6 Å². The number of aromatic nitrogens is 1. The molecule has 2 aliphatic heterocycles. The van der Waals surface area contributed by atoms with Crippen LogP contribution in [0.15, 0.2) is 48.7 Å². The van der Waals surface area contributed by atoms with Gasteiger partial charge in [-0.15, -0.1) is 0 Å². The molecule has 1 aliphatic carbocycles. The second-order valence-electron chi connectivity index (χ2n) is 9.95. The number of pyridine rings is 1. The first-order chi connectivity index (χ1) is 17.1. The fourth-order valence-corrected chi connectivity index (χ4v) is 6.24. The predicted molar refractivity (Wildman–Crippen MR) is 133 cm³/mol. The smallest absolute Gasteiger partial charge is 0.291 e. The number of rotatable bonds is 6. The number of carbonyl (C=O) groups is 3. The first kappa shape index (κ1) is 23.5. The number of ether oxygens (including phenoxy) is 1. The van der Waals surface area contributed by atoms with Gasteiger partial charge in [-0.3, -0.25) is 14.4 Å². The van der Waals surface area contributed by atoms with Crippen LogP contribution >= 0.6 is 0 Å². The van der Waals surface area contributed by atoms with Crippen LogP contribution in [0.2, 0.25) is 0 Å². The van der Waals surface area contributed by atoms with Gasteiger partial charge in [0.1, 0.15) is 5.92 Å². The summed E-state index contributed by atoms with van der Waals surface area (Å²) in [5.41, 5.74) is 1.54. The van der Waals surface area contributed by atoms with Crippen LogP contribution in [0.1, 0.15) is 55.3 Å². The van der Waals surface area contributed by atoms with Crippen LogP contribution in [0.3, 0.4) is 0 Å². The molecule has 2 aromatic rings. The van der Waals surface area contributed by atoms with Gasteiger partial charge in [0.15, 0.2) is 5.78 Å². The van der Waals surface area contributed by atoms with Gasteiger partial charge in [0.2, 0.25) is 11.7 Å². The summed E-state index contributed by atoms with van der Waals surface area (Å²) in [5, 5.41) is 0. The zero-order chi connectivity index (χ0) is 24.4. The van der Waals surface area contributed by atoms with Gasteiger partial charge in [-0.25, -0.2) is 4.98 Å². The lowest BCUT2D eigenvalue weighted by Gasteiger charge is -2.43. The molecule has 1 amide bonds. The summed E-state index contributed by atoms with van der Waals surface area (Å²) in [6.07, 6.45) is 8.28. The van der Waals surface area contributed by atoms with Gasteiger partial charge in [0, 0.05) is 42.6 Å². The summed E-state index contributed by atoms with van der Waals surface area (Å²) in [7, 11) is 1.52. The largest absolute Gasteiger partial charge is 0.481 e. The second kappa shape index (κ2) is 10.2. The fourth-order valence-electron chi connectivity index (χ4n) is 6.24. The fraction of sp³-hybridized carbons (Fsp3) is 0.500. The number of hydrogen-bond acceptors (Lipinski definition) is 6. The Morgan fingerprint density at radius 2 is 1.66 bits per heavy atom. The zero-order valence-corrected chi connectivity index (χ0v) is 20.3. The highest BCUT2D eigenvalue weighted by Crippen LogP contribution is 2.41. The van der Waals surface area contributed by atoms with Crippen LogP contribution in [0.25, 0.3) is 0 Å².